The molecule has 0 radical (unpaired) electrons. The van der Waals surface area contributed by atoms with Gasteiger partial charge in [0.2, 0.25) is 0 Å². The lowest BCUT2D eigenvalue weighted by molar-refractivity contribution is -0.00152. The van der Waals surface area contributed by atoms with Crippen molar-refractivity contribution in [2.24, 2.45) is 0 Å². The molecule has 1 aromatic carbocycles. The summed E-state index contributed by atoms with van der Waals surface area (Å²) in [5.74, 6) is -0.815. The number of sulfone groups is 1. The van der Waals surface area contributed by atoms with E-state index in [0.717, 1.165) is 11.8 Å². The average Bonchev–Trinajstić information content (AvgIpc) is 2.17. The maximum atomic E-state index is 11.7. The number of hydrogen-bond donors (Lipinski definition) is 0. The Morgan fingerprint density at radius 2 is 1.75 bits per heavy atom. The van der Waals surface area contributed by atoms with Crippen LogP contribution in [0.2, 0.25) is 0 Å². The number of aryl methyl sites for hydroxylation is 1. The van der Waals surface area contributed by atoms with Crippen LogP contribution in [0.1, 0.15) is 15.9 Å². The van der Waals surface area contributed by atoms with Crippen molar-refractivity contribution >= 4 is 20.7 Å². The minimum Gasteiger partial charge on any atom is -0.360 e. The van der Waals surface area contributed by atoms with Crippen molar-refractivity contribution in [2.75, 3.05) is 6.26 Å². The van der Waals surface area contributed by atoms with Gasteiger partial charge in [0.1, 0.15) is 0 Å². The van der Waals surface area contributed by atoms with Gasteiger partial charge in [0.05, 0.1) is 6.26 Å². The molecule has 0 aliphatic heterocycles. The highest BCUT2D eigenvalue weighted by Gasteiger charge is 2.32. The normalized spacial score (nSPS) is 10.6. The van der Waals surface area contributed by atoms with Crippen molar-refractivity contribution in [3.63, 3.8) is 0 Å². The van der Waals surface area contributed by atoms with Crippen LogP contribution in [0.5, 0.6) is 0 Å². The molecular formula is C10H10N2O3S. The minimum atomic E-state index is -3.82. The maximum Gasteiger partial charge on any atom is 0.452 e. The van der Waals surface area contributed by atoms with Gasteiger partial charge in [-0.3, -0.25) is 4.79 Å². The van der Waals surface area contributed by atoms with E-state index in [1.165, 1.54) is 12.1 Å². The number of benzene rings is 1. The first kappa shape index (κ1) is 12.3. The number of nitrogens with zero attached hydrogens (tertiary/aromatic N) is 2. The number of carbonyl (C=O) groups is 1. The summed E-state index contributed by atoms with van der Waals surface area (Å²) in [6, 6.07) is 6.30. The molecule has 0 aliphatic carbocycles. The molecule has 16 heavy (non-hydrogen) atoms. The molecule has 84 valence electrons. The van der Waals surface area contributed by atoms with Crippen LogP contribution in [0, 0.1) is 6.92 Å². The lowest BCUT2D eigenvalue weighted by Crippen LogP contribution is -2.24. The predicted octanol–water partition coefficient (Wildman–Crippen LogP) is 0.851. The first-order valence-corrected chi connectivity index (χ1v) is 6.29. The summed E-state index contributed by atoms with van der Waals surface area (Å²) >= 11 is 0. The third-order valence-corrected chi connectivity index (χ3v) is 2.92. The summed E-state index contributed by atoms with van der Waals surface area (Å²) in [6.45, 7) is 1.84. The van der Waals surface area contributed by atoms with Crippen molar-refractivity contribution in [2.45, 2.75) is 6.92 Å². The number of rotatable bonds is 2. The third kappa shape index (κ3) is 2.62. The molecular weight excluding hydrogens is 228 g/mol. The Balaban J connectivity index is 3.22. The third-order valence-electron chi connectivity index (χ3n) is 1.95. The summed E-state index contributed by atoms with van der Waals surface area (Å²) < 4.78 is 22.3. The van der Waals surface area contributed by atoms with Crippen molar-refractivity contribution < 1.29 is 18.0 Å². The van der Waals surface area contributed by atoms with Gasteiger partial charge in [0.25, 0.3) is 15.6 Å². The molecule has 0 heterocycles. The quantitative estimate of drug-likeness (QED) is 0.251. The first-order valence-electron chi connectivity index (χ1n) is 4.39. The lowest BCUT2D eigenvalue weighted by atomic mass is 10.1. The topological polar surface area (TPSA) is 87.6 Å². The zero-order valence-corrected chi connectivity index (χ0v) is 9.65. The van der Waals surface area contributed by atoms with Gasteiger partial charge in [-0.05, 0) is 6.92 Å². The second-order valence-electron chi connectivity index (χ2n) is 3.37. The van der Waals surface area contributed by atoms with Crippen molar-refractivity contribution in [1.82, 2.24) is 0 Å². The Morgan fingerprint density at radius 3 is 2.12 bits per heavy atom. The largest absolute Gasteiger partial charge is 0.452 e. The standard InChI is InChI=1S/C10H10N2O3S/c1-7-3-5-8(6-4-7)9(13)10(12-11)16(2,14)15/h3-6H,1-2H3. The van der Waals surface area contributed by atoms with Crippen molar-refractivity contribution in [3.8, 4) is 0 Å². The summed E-state index contributed by atoms with van der Waals surface area (Å²) in [5.41, 5.74) is 9.65. The summed E-state index contributed by atoms with van der Waals surface area (Å²) in [5, 5.41) is -0.851. The fourth-order valence-corrected chi connectivity index (χ4v) is 1.72. The highest BCUT2D eigenvalue weighted by atomic mass is 32.2. The van der Waals surface area contributed by atoms with Crippen LogP contribution in [-0.2, 0) is 9.84 Å². The van der Waals surface area contributed by atoms with Gasteiger partial charge < -0.3 is 5.53 Å². The Bertz CT molecular complexity index is 567. The summed E-state index contributed by atoms with van der Waals surface area (Å²) in [6.07, 6.45) is 0.814. The highest BCUT2D eigenvalue weighted by Crippen LogP contribution is 2.06. The first-order chi connectivity index (χ1) is 7.36. The molecule has 0 aromatic heterocycles. The van der Waals surface area contributed by atoms with E-state index >= 15 is 0 Å². The van der Waals surface area contributed by atoms with Crippen LogP contribution in [-0.4, -0.2) is 30.3 Å². The van der Waals surface area contributed by atoms with Crippen LogP contribution < -0.4 is 0 Å². The SMILES string of the molecule is Cc1ccc(C(=O)C(=[N+]=[N-])S(C)(=O)=O)cc1. The van der Waals surface area contributed by atoms with E-state index in [1.807, 2.05) is 6.92 Å². The number of ketones is 1. The molecule has 0 saturated carbocycles. The van der Waals surface area contributed by atoms with E-state index in [2.05, 4.69) is 4.79 Å². The Morgan fingerprint density at radius 1 is 1.25 bits per heavy atom. The molecule has 5 nitrogen and oxygen atoms in total. The van der Waals surface area contributed by atoms with Gasteiger partial charge in [0.15, 0.2) is 0 Å². The van der Waals surface area contributed by atoms with Gasteiger partial charge in [0, 0.05) is 5.56 Å². The molecule has 0 fully saturated rings. The molecule has 0 N–H and O–H groups in total. The van der Waals surface area contributed by atoms with E-state index in [4.69, 9.17) is 5.53 Å². The van der Waals surface area contributed by atoms with Gasteiger partial charge in [-0.25, -0.2) is 8.42 Å². The van der Waals surface area contributed by atoms with Crippen LogP contribution in [0.4, 0.5) is 0 Å². The highest BCUT2D eigenvalue weighted by molar-refractivity contribution is 8.07. The van der Waals surface area contributed by atoms with E-state index in [0.29, 0.717) is 0 Å². The van der Waals surface area contributed by atoms with E-state index in [1.54, 1.807) is 12.1 Å². The fraction of sp³-hybridized carbons (Fsp3) is 0.200. The van der Waals surface area contributed by atoms with E-state index < -0.39 is 20.7 Å². The zero-order valence-electron chi connectivity index (χ0n) is 8.84. The van der Waals surface area contributed by atoms with E-state index in [-0.39, 0.29) is 5.56 Å². The molecule has 0 unspecified atom stereocenters. The summed E-state index contributed by atoms with van der Waals surface area (Å²) in [7, 11) is -3.82. The van der Waals surface area contributed by atoms with Crippen LogP contribution in [0.3, 0.4) is 0 Å². The fourth-order valence-electron chi connectivity index (χ4n) is 1.12. The molecule has 0 atom stereocenters. The molecule has 0 saturated heterocycles. The molecule has 0 bridgehead atoms. The lowest BCUT2D eigenvalue weighted by Gasteiger charge is -1.96. The molecule has 1 aromatic rings. The van der Waals surface area contributed by atoms with Crippen LogP contribution >= 0.6 is 0 Å². The predicted molar refractivity (Wildman–Crippen MR) is 59.0 cm³/mol. The average molecular weight is 238 g/mol. The van der Waals surface area contributed by atoms with Crippen LogP contribution in [0.25, 0.3) is 5.53 Å². The number of Topliss-reactive ketones (excluding diaryl/α,β-unsaturated/α-hetero) is 1. The minimum absolute atomic E-state index is 0.170. The Hall–Kier alpha value is -1.78. The molecule has 0 spiro atoms. The Labute approximate surface area is 93.3 Å². The van der Waals surface area contributed by atoms with Gasteiger partial charge in [-0.1, -0.05) is 29.8 Å². The molecule has 0 aliphatic rings. The van der Waals surface area contributed by atoms with E-state index in [9.17, 15) is 13.2 Å². The zero-order chi connectivity index (χ0) is 12.3. The van der Waals surface area contributed by atoms with Crippen molar-refractivity contribution in [1.29, 1.82) is 0 Å². The second kappa shape index (κ2) is 4.38. The molecule has 1 rings (SSSR count). The monoisotopic (exact) mass is 238 g/mol. The maximum absolute atomic E-state index is 11.7. The molecule has 0 amide bonds. The van der Waals surface area contributed by atoms with Gasteiger partial charge in [-0.15, -0.1) is 4.79 Å². The second-order valence-corrected chi connectivity index (χ2v) is 5.30. The van der Waals surface area contributed by atoms with Crippen molar-refractivity contribution in [3.05, 3.63) is 40.9 Å². The summed E-state index contributed by atoms with van der Waals surface area (Å²) in [4.78, 5) is 14.2. The number of hydrogen-bond acceptors (Lipinski definition) is 3. The Kier molecular flexibility index (Phi) is 3.37. The van der Waals surface area contributed by atoms with Gasteiger partial charge in [-0.2, -0.15) is 0 Å². The smallest absolute Gasteiger partial charge is 0.360 e. The number of carbonyl (C=O) groups excluding carboxylic acids is 1. The van der Waals surface area contributed by atoms with Gasteiger partial charge >= 0.3 is 5.04 Å². The van der Waals surface area contributed by atoms with Crippen LogP contribution in [0.15, 0.2) is 24.3 Å². The molecule has 6 heteroatoms.